The third kappa shape index (κ3) is 5.34. The Labute approximate surface area is 112 Å². The molecule has 1 aromatic carbocycles. The van der Waals surface area contributed by atoms with E-state index in [1.54, 1.807) is 7.05 Å². The van der Waals surface area contributed by atoms with Crippen LogP contribution in [0.1, 0.15) is 31.7 Å². The summed E-state index contributed by atoms with van der Waals surface area (Å²) in [6, 6.07) is 3.44. The topological polar surface area (TPSA) is 46.3 Å². The molecule has 0 aliphatic rings. The van der Waals surface area contributed by atoms with E-state index in [0.29, 0.717) is 18.4 Å². The van der Waals surface area contributed by atoms with Gasteiger partial charge in [-0.3, -0.25) is 4.79 Å². The van der Waals surface area contributed by atoms with Crippen molar-refractivity contribution in [2.45, 2.75) is 38.8 Å². The van der Waals surface area contributed by atoms with Crippen LogP contribution in [0.5, 0.6) is 0 Å². The van der Waals surface area contributed by atoms with Gasteiger partial charge in [0.2, 0.25) is 5.91 Å². The molecule has 0 saturated heterocycles. The minimum absolute atomic E-state index is 0.0654. The zero-order chi connectivity index (χ0) is 14.4. The second-order valence-corrected chi connectivity index (χ2v) is 4.86. The van der Waals surface area contributed by atoms with E-state index in [1.165, 1.54) is 17.0 Å². The van der Waals surface area contributed by atoms with E-state index in [0.717, 1.165) is 12.5 Å². The molecule has 1 amide bonds. The minimum atomic E-state index is -0.629. The van der Waals surface area contributed by atoms with Crippen molar-refractivity contribution in [1.29, 1.82) is 0 Å². The summed E-state index contributed by atoms with van der Waals surface area (Å²) in [5, 5.41) is 0. The molecule has 2 N–H and O–H groups in total. The first-order valence-corrected chi connectivity index (χ1v) is 6.33. The Kier molecular flexibility index (Phi) is 5.89. The van der Waals surface area contributed by atoms with E-state index in [1.807, 2.05) is 6.92 Å². The maximum Gasteiger partial charge on any atom is 0.222 e. The van der Waals surface area contributed by atoms with Crippen LogP contribution in [0, 0.1) is 11.6 Å². The number of hydrogen-bond acceptors (Lipinski definition) is 2. The second-order valence-electron chi connectivity index (χ2n) is 4.86. The predicted octanol–water partition coefficient (Wildman–Crippen LogP) is 2.44. The third-order valence-electron chi connectivity index (χ3n) is 2.90. The second kappa shape index (κ2) is 7.19. The number of amides is 1. The molecule has 0 spiro atoms. The number of nitrogens with two attached hydrogens (primary N) is 1. The SMILES string of the molecule is CC(N)CCCC(=O)N(C)Cc1ccc(F)cc1F. The summed E-state index contributed by atoms with van der Waals surface area (Å²) in [6.07, 6.45) is 1.89. The molecule has 19 heavy (non-hydrogen) atoms. The monoisotopic (exact) mass is 270 g/mol. The van der Waals surface area contributed by atoms with Crippen LogP contribution in [0.2, 0.25) is 0 Å². The molecule has 0 radical (unpaired) electrons. The van der Waals surface area contributed by atoms with Gasteiger partial charge < -0.3 is 10.6 Å². The number of carbonyl (C=O) groups is 1. The van der Waals surface area contributed by atoms with Crippen LogP contribution < -0.4 is 5.73 Å². The molecule has 1 unspecified atom stereocenters. The molecular weight excluding hydrogens is 250 g/mol. The Morgan fingerprint density at radius 2 is 2.11 bits per heavy atom. The highest BCUT2D eigenvalue weighted by Gasteiger charge is 2.12. The van der Waals surface area contributed by atoms with Gasteiger partial charge in [-0.2, -0.15) is 0 Å². The molecular formula is C14H20F2N2O. The Hall–Kier alpha value is -1.49. The summed E-state index contributed by atoms with van der Waals surface area (Å²) in [6.45, 7) is 2.03. The van der Waals surface area contributed by atoms with Crippen LogP contribution >= 0.6 is 0 Å². The maximum absolute atomic E-state index is 13.4. The number of carbonyl (C=O) groups excluding carboxylic acids is 1. The molecule has 1 aromatic rings. The van der Waals surface area contributed by atoms with Crippen LogP contribution in [-0.2, 0) is 11.3 Å². The van der Waals surface area contributed by atoms with Crippen molar-refractivity contribution in [2.75, 3.05) is 7.05 Å². The lowest BCUT2D eigenvalue weighted by Gasteiger charge is -2.18. The first-order chi connectivity index (χ1) is 8.90. The van der Waals surface area contributed by atoms with Gasteiger partial charge in [-0.1, -0.05) is 6.07 Å². The molecule has 0 bridgehead atoms. The molecule has 0 saturated carbocycles. The Morgan fingerprint density at radius 3 is 2.68 bits per heavy atom. The van der Waals surface area contributed by atoms with E-state index in [-0.39, 0.29) is 18.5 Å². The summed E-state index contributed by atoms with van der Waals surface area (Å²) < 4.78 is 26.2. The molecule has 1 atom stereocenters. The van der Waals surface area contributed by atoms with Gasteiger partial charge >= 0.3 is 0 Å². The largest absolute Gasteiger partial charge is 0.341 e. The lowest BCUT2D eigenvalue weighted by Crippen LogP contribution is -2.27. The predicted molar refractivity (Wildman–Crippen MR) is 70.3 cm³/mol. The van der Waals surface area contributed by atoms with Gasteiger partial charge in [0.1, 0.15) is 11.6 Å². The summed E-state index contributed by atoms with van der Waals surface area (Å²) in [5.74, 6) is -1.31. The highest BCUT2D eigenvalue weighted by Crippen LogP contribution is 2.12. The van der Waals surface area contributed by atoms with Crippen LogP contribution in [0.15, 0.2) is 18.2 Å². The van der Waals surface area contributed by atoms with Gasteiger partial charge in [-0.05, 0) is 25.8 Å². The number of halogens is 2. The van der Waals surface area contributed by atoms with Gasteiger partial charge in [0.25, 0.3) is 0 Å². The number of nitrogens with zero attached hydrogens (tertiary/aromatic N) is 1. The lowest BCUT2D eigenvalue weighted by molar-refractivity contribution is -0.130. The van der Waals surface area contributed by atoms with Crippen molar-refractivity contribution >= 4 is 5.91 Å². The first-order valence-electron chi connectivity index (χ1n) is 6.33. The first kappa shape index (κ1) is 15.6. The zero-order valence-corrected chi connectivity index (χ0v) is 11.3. The fourth-order valence-corrected chi connectivity index (χ4v) is 1.76. The van der Waals surface area contributed by atoms with Crippen LogP contribution in [-0.4, -0.2) is 23.9 Å². The Balaban J connectivity index is 2.49. The quantitative estimate of drug-likeness (QED) is 0.863. The van der Waals surface area contributed by atoms with Crippen LogP contribution in [0.3, 0.4) is 0 Å². The zero-order valence-electron chi connectivity index (χ0n) is 11.3. The maximum atomic E-state index is 13.4. The molecule has 0 aliphatic heterocycles. The fourth-order valence-electron chi connectivity index (χ4n) is 1.76. The van der Waals surface area contributed by atoms with Crippen molar-refractivity contribution in [2.24, 2.45) is 5.73 Å². The van der Waals surface area contributed by atoms with Gasteiger partial charge in [0.05, 0.1) is 0 Å². The van der Waals surface area contributed by atoms with Crippen molar-refractivity contribution in [1.82, 2.24) is 4.90 Å². The van der Waals surface area contributed by atoms with Gasteiger partial charge in [-0.25, -0.2) is 8.78 Å². The van der Waals surface area contributed by atoms with Crippen molar-refractivity contribution in [3.8, 4) is 0 Å². The normalized spacial score (nSPS) is 12.3. The van der Waals surface area contributed by atoms with E-state index < -0.39 is 11.6 Å². The molecule has 0 aromatic heterocycles. The third-order valence-corrected chi connectivity index (χ3v) is 2.90. The Morgan fingerprint density at radius 1 is 1.42 bits per heavy atom. The van der Waals surface area contributed by atoms with E-state index in [4.69, 9.17) is 5.73 Å². The van der Waals surface area contributed by atoms with Crippen LogP contribution in [0.25, 0.3) is 0 Å². The average molecular weight is 270 g/mol. The smallest absolute Gasteiger partial charge is 0.222 e. The molecule has 0 heterocycles. The van der Waals surface area contributed by atoms with Crippen molar-refractivity contribution in [3.05, 3.63) is 35.4 Å². The highest BCUT2D eigenvalue weighted by molar-refractivity contribution is 5.75. The molecule has 1 rings (SSSR count). The molecule has 0 fully saturated rings. The van der Waals surface area contributed by atoms with Crippen molar-refractivity contribution < 1.29 is 13.6 Å². The van der Waals surface area contributed by atoms with E-state index in [2.05, 4.69) is 0 Å². The number of rotatable bonds is 6. The average Bonchev–Trinajstić information content (AvgIpc) is 2.32. The van der Waals surface area contributed by atoms with E-state index in [9.17, 15) is 13.6 Å². The summed E-state index contributed by atoms with van der Waals surface area (Å²) in [4.78, 5) is 13.2. The lowest BCUT2D eigenvalue weighted by atomic mass is 10.1. The molecule has 106 valence electrons. The molecule has 0 aliphatic carbocycles. The fraction of sp³-hybridized carbons (Fsp3) is 0.500. The molecule has 3 nitrogen and oxygen atoms in total. The van der Waals surface area contributed by atoms with Gasteiger partial charge in [-0.15, -0.1) is 0 Å². The summed E-state index contributed by atoms with van der Waals surface area (Å²) in [5.41, 5.74) is 5.91. The standard InChI is InChI=1S/C14H20F2N2O/c1-10(17)4-3-5-14(19)18(2)9-11-6-7-12(15)8-13(11)16/h6-8,10H,3-5,9,17H2,1-2H3. The molecule has 5 heteroatoms. The summed E-state index contributed by atoms with van der Waals surface area (Å²) >= 11 is 0. The van der Waals surface area contributed by atoms with Gasteiger partial charge in [0.15, 0.2) is 0 Å². The number of hydrogen-bond donors (Lipinski definition) is 1. The minimum Gasteiger partial charge on any atom is -0.341 e. The van der Waals surface area contributed by atoms with Crippen molar-refractivity contribution in [3.63, 3.8) is 0 Å². The van der Waals surface area contributed by atoms with Gasteiger partial charge in [0, 0.05) is 37.7 Å². The summed E-state index contributed by atoms with van der Waals surface area (Å²) in [7, 11) is 1.61. The highest BCUT2D eigenvalue weighted by atomic mass is 19.1. The van der Waals surface area contributed by atoms with E-state index >= 15 is 0 Å². The number of benzene rings is 1. The Bertz CT molecular complexity index is 435. The van der Waals surface area contributed by atoms with Crippen LogP contribution in [0.4, 0.5) is 8.78 Å².